The average molecular weight is 261 g/mol. The molecule has 1 aliphatic rings. The van der Waals surface area contributed by atoms with Crippen molar-refractivity contribution in [2.75, 3.05) is 6.54 Å². The Balaban J connectivity index is 2.13. The van der Waals surface area contributed by atoms with Gasteiger partial charge in [-0.25, -0.2) is 0 Å². The number of carbonyl (C=O) groups excluding carboxylic acids is 1. The van der Waals surface area contributed by atoms with Gasteiger partial charge in [0.2, 0.25) is 5.91 Å². The van der Waals surface area contributed by atoms with Crippen molar-refractivity contribution in [3.05, 3.63) is 30.1 Å². The Hall–Kier alpha value is -1.42. The smallest absolute Gasteiger partial charge is 0.240 e. The van der Waals surface area contributed by atoms with Crippen LogP contribution in [0.25, 0.3) is 0 Å². The van der Waals surface area contributed by atoms with E-state index in [0.717, 1.165) is 31.4 Å². The van der Waals surface area contributed by atoms with Crippen LogP contribution >= 0.6 is 0 Å². The molecule has 0 aliphatic carbocycles. The molecular weight excluding hydrogens is 238 g/mol. The first-order valence-electron chi connectivity index (χ1n) is 7.11. The second-order valence-corrected chi connectivity index (χ2v) is 5.39. The summed E-state index contributed by atoms with van der Waals surface area (Å²) in [6, 6.07) is 3.72. The van der Waals surface area contributed by atoms with E-state index in [1.807, 2.05) is 30.2 Å². The summed E-state index contributed by atoms with van der Waals surface area (Å²) in [5.74, 6) is 0.309. The number of nitrogens with zero attached hydrogens (tertiary/aromatic N) is 2. The molecule has 0 aromatic carbocycles. The number of carbonyl (C=O) groups is 1. The summed E-state index contributed by atoms with van der Waals surface area (Å²) in [5, 5.41) is 0. The lowest BCUT2D eigenvalue weighted by molar-refractivity contribution is -0.134. The number of amides is 1. The molecule has 2 N–H and O–H groups in total. The summed E-state index contributed by atoms with van der Waals surface area (Å²) in [4.78, 5) is 18.6. The van der Waals surface area contributed by atoms with Crippen LogP contribution in [0.15, 0.2) is 24.5 Å². The lowest BCUT2D eigenvalue weighted by Crippen LogP contribution is -2.46. The number of hydrogen-bond donors (Lipinski definition) is 1. The highest BCUT2D eigenvalue weighted by Crippen LogP contribution is 2.32. The second-order valence-electron chi connectivity index (χ2n) is 5.39. The SMILES string of the molecule is CCC(C)C(N)C(=O)N1CCCC1c1cccnc1. The van der Waals surface area contributed by atoms with Crippen LogP contribution in [0.1, 0.15) is 44.7 Å². The molecule has 0 spiro atoms. The molecule has 4 heteroatoms. The minimum atomic E-state index is -0.387. The van der Waals surface area contributed by atoms with Gasteiger partial charge in [0, 0.05) is 18.9 Å². The van der Waals surface area contributed by atoms with E-state index in [0.29, 0.717) is 0 Å². The summed E-state index contributed by atoms with van der Waals surface area (Å²) < 4.78 is 0. The summed E-state index contributed by atoms with van der Waals surface area (Å²) >= 11 is 0. The molecule has 3 atom stereocenters. The van der Waals surface area contributed by atoms with Crippen LogP contribution in [0.2, 0.25) is 0 Å². The monoisotopic (exact) mass is 261 g/mol. The molecule has 1 fully saturated rings. The van der Waals surface area contributed by atoms with Crippen molar-refractivity contribution < 1.29 is 4.79 Å². The first-order valence-corrected chi connectivity index (χ1v) is 7.11. The van der Waals surface area contributed by atoms with Crippen LogP contribution in [-0.2, 0) is 4.79 Å². The van der Waals surface area contributed by atoms with Crippen molar-refractivity contribution >= 4 is 5.91 Å². The van der Waals surface area contributed by atoms with E-state index in [1.165, 1.54) is 0 Å². The molecule has 1 amide bonds. The van der Waals surface area contributed by atoms with Crippen LogP contribution < -0.4 is 5.73 Å². The van der Waals surface area contributed by atoms with Crippen molar-refractivity contribution in [2.24, 2.45) is 11.7 Å². The number of likely N-dealkylation sites (tertiary alicyclic amines) is 1. The van der Waals surface area contributed by atoms with Crippen molar-refractivity contribution in [1.82, 2.24) is 9.88 Å². The Bertz CT molecular complexity index is 421. The van der Waals surface area contributed by atoms with Gasteiger partial charge >= 0.3 is 0 Å². The van der Waals surface area contributed by atoms with E-state index in [1.54, 1.807) is 6.20 Å². The van der Waals surface area contributed by atoms with Gasteiger partial charge in [-0.2, -0.15) is 0 Å². The Kier molecular flexibility index (Phi) is 4.53. The van der Waals surface area contributed by atoms with E-state index in [9.17, 15) is 4.79 Å². The fourth-order valence-electron chi connectivity index (χ4n) is 2.64. The zero-order valence-electron chi connectivity index (χ0n) is 11.7. The van der Waals surface area contributed by atoms with Crippen LogP contribution in [0.4, 0.5) is 0 Å². The van der Waals surface area contributed by atoms with E-state index >= 15 is 0 Å². The molecule has 1 aliphatic heterocycles. The molecule has 1 aromatic rings. The van der Waals surface area contributed by atoms with Crippen molar-refractivity contribution in [3.63, 3.8) is 0 Å². The fraction of sp³-hybridized carbons (Fsp3) is 0.600. The summed E-state index contributed by atoms with van der Waals surface area (Å²) in [6.07, 6.45) is 6.59. The minimum Gasteiger partial charge on any atom is -0.334 e. The van der Waals surface area contributed by atoms with Crippen molar-refractivity contribution in [1.29, 1.82) is 0 Å². The highest BCUT2D eigenvalue weighted by atomic mass is 16.2. The summed E-state index contributed by atoms with van der Waals surface area (Å²) in [6.45, 7) is 4.92. The molecule has 2 heterocycles. The van der Waals surface area contributed by atoms with Crippen LogP contribution in [0.5, 0.6) is 0 Å². The number of aromatic nitrogens is 1. The first kappa shape index (κ1) is 14.0. The maximum absolute atomic E-state index is 12.5. The van der Waals surface area contributed by atoms with Crippen molar-refractivity contribution in [2.45, 2.75) is 45.2 Å². The predicted octanol–water partition coefficient (Wildman–Crippen LogP) is 2.12. The number of nitrogens with two attached hydrogens (primary N) is 1. The van der Waals surface area contributed by atoms with Gasteiger partial charge in [0.05, 0.1) is 12.1 Å². The number of hydrogen-bond acceptors (Lipinski definition) is 3. The van der Waals surface area contributed by atoms with E-state index < -0.39 is 0 Å². The van der Waals surface area contributed by atoms with Gasteiger partial charge in [0.15, 0.2) is 0 Å². The number of pyridine rings is 1. The summed E-state index contributed by atoms with van der Waals surface area (Å²) in [7, 11) is 0. The zero-order valence-corrected chi connectivity index (χ0v) is 11.7. The predicted molar refractivity (Wildman–Crippen MR) is 75.4 cm³/mol. The standard InChI is InChI=1S/C15H23N3O/c1-3-11(2)14(16)15(19)18-9-5-7-13(18)12-6-4-8-17-10-12/h4,6,8,10-11,13-14H,3,5,7,9,16H2,1-2H3. The maximum Gasteiger partial charge on any atom is 0.240 e. The van der Waals surface area contributed by atoms with E-state index in [2.05, 4.69) is 11.9 Å². The van der Waals surface area contributed by atoms with Crippen LogP contribution in [-0.4, -0.2) is 28.4 Å². The zero-order chi connectivity index (χ0) is 13.8. The third kappa shape index (κ3) is 2.95. The van der Waals surface area contributed by atoms with Gasteiger partial charge in [0.25, 0.3) is 0 Å². The Morgan fingerprint density at radius 2 is 2.42 bits per heavy atom. The lowest BCUT2D eigenvalue weighted by Gasteiger charge is -2.29. The van der Waals surface area contributed by atoms with Gasteiger partial charge in [0.1, 0.15) is 0 Å². The van der Waals surface area contributed by atoms with Gasteiger partial charge < -0.3 is 10.6 Å². The van der Waals surface area contributed by atoms with E-state index in [-0.39, 0.29) is 23.9 Å². The Morgan fingerprint density at radius 3 is 3.05 bits per heavy atom. The molecule has 0 bridgehead atoms. The maximum atomic E-state index is 12.5. The molecule has 1 saturated heterocycles. The van der Waals surface area contributed by atoms with Gasteiger partial charge in [-0.05, 0) is 30.4 Å². The quantitative estimate of drug-likeness (QED) is 0.903. The highest BCUT2D eigenvalue weighted by Gasteiger charge is 2.34. The van der Waals surface area contributed by atoms with E-state index in [4.69, 9.17) is 5.73 Å². The topological polar surface area (TPSA) is 59.2 Å². The molecule has 3 unspecified atom stereocenters. The van der Waals surface area contributed by atoms with Gasteiger partial charge in [-0.3, -0.25) is 9.78 Å². The molecular formula is C15H23N3O. The molecule has 2 rings (SSSR count). The first-order chi connectivity index (χ1) is 9.15. The minimum absolute atomic E-state index is 0.0840. The average Bonchev–Trinajstić information content (AvgIpc) is 2.95. The van der Waals surface area contributed by atoms with Gasteiger partial charge in [-0.1, -0.05) is 26.3 Å². The summed E-state index contributed by atoms with van der Waals surface area (Å²) in [5.41, 5.74) is 7.20. The molecule has 4 nitrogen and oxygen atoms in total. The molecule has 1 aromatic heterocycles. The van der Waals surface area contributed by atoms with Gasteiger partial charge in [-0.15, -0.1) is 0 Å². The third-order valence-electron chi connectivity index (χ3n) is 4.15. The Labute approximate surface area is 115 Å². The molecule has 0 saturated carbocycles. The lowest BCUT2D eigenvalue weighted by atomic mass is 9.98. The largest absolute Gasteiger partial charge is 0.334 e. The van der Waals surface area contributed by atoms with Crippen molar-refractivity contribution in [3.8, 4) is 0 Å². The Morgan fingerprint density at radius 1 is 1.63 bits per heavy atom. The van der Waals surface area contributed by atoms with Crippen LogP contribution in [0, 0.1) is 5.92 Å². The molecule has 19 heavy (non-hydrogen) atoms. The number of rotatable bonds is 4. The molecule has 0 radical (unpaired) electrons. The van der Waals surface area contributed by atoms with Crippen LogP contribution in [0.3, 0.4) is 0 Å². The second kappa shape index (κ2) is 6.15. The fourth-order valence-corrected chi connectivity index (χ4v) is 2.64. The highest BCUT2D eigenvalue weighted by molar-refractivity contribution is 5.82. The third-order valence-corrected chi connectivity index (χ3v) is 4.15. The molecule has 104 valence electrons. The normalized spacial score (nSPS) is 22.3.